The van der Waals surface area contributed by atoms with E-state index in [2.05, 4.69) is 108 Å². The number of aromatic amines is 2. The zero-order valence-corrected chi connectivity index (χ0v) is 22.8. The summed E-state index contributed by atoms with van der Waals surface area (Å²) in [6.07, 6.45) is 10.4. The molecule has 4 aromatic rings. The van der Waals surface area contributed by atoms with Gasteiger partial charge in [-0.25, -0.2) is 9.97 Å². The second-order valence-corrected chi connectivity index (χ2v) is 9.95. The van der Waals surface area contributed by atoms with Crippen LogP contribution in [-0.4, -0.2) is 30.9 Å². The first-order valence-corrected chi connectivity index (χ1v) is 13.8. The zero-order valence-electron chi connectivity index (χ0n) is 22.8. The molecule has 5 nitrogen and oxygen atoms in total. The molecule has 2 aromatic carbocycles. The number of H-pyrrole nitrogens is 2. The van der Waals surface area contributed by atoms with E-state index >= 15 is 0 Å². The Kier molecular flexibility index (Phi) is 8.99. The van der Waals surface area contributed by atoms with Crippen LogP contribution in [-0.2, 0) is 13.0 Å². The van der Waals surface area contributed by atoms with E-state index in [1.165, 1.54) is 23.2 Å². The van der Waals surface area contributed by atoms with Gasteiger partial charge in [-0.3, -0.25) is 0 Å². The molecular weight excluding hydrogens is 454 g/mol. The van der Waals surface area contributed by atoms with Crippen molar-refractivity contribution in [2.24, 2.45) is 0 Å². The summed E-state index contributed by atoms with van der Waals surface area (Å²) in [4.78, 5) is 18.6. The van der Waals surface area contributed by atoms with Gasteiger partial charge in [0.2, 0.25) is 0 Å². The summed E-state index contributed by atoms with van der Waals surface area (Å²) in [5.74, 6) is 2.04. The molecule has 4 rings (SSSR count). The molecule has 0 spiro atoms. The number of aryl methyl sites for hydroxylation is 1. The molecule has 2 heterocycles. The summed E-state index contributed by atoms with van der Waals surface area (Å²) in [5, 5.41) is 0. The van der Waals surface area contributed by atoms with Crippen molar-refractivity contribution in [3.63, 3.8) is 0 Å². The third kappa shape index (κ3) is 6.59. The Bertz CT molecular complexity index is 1260. The molecular formula is C32H41N5. The lowest BCUT2D eigenvalue weighted by Gasteiger charge is -2.31. The minimum atomic E-state index is 0.439. The molecule has 0 saturated heterocycles. The lowest BCUT2D eigenvalue weighted by Crippen LogP contribution is -2.31. The summed E-state index contributed by atoms with van der Waals surface area (Å²) in [6.45, 7) is 14.0. The third-order valence-corrected chi connectivity index (χ3v) is 7.14. The van der Waals surface area contributed by atoms with Crippen molar-refractivity contribution in [1.29, 1.82) is 0 Å². The van der Waals surface area contributed by atoms with Gasteiger partial charge in [-0.15, -0.1) is 0 Å². The van der Waals surface area contributed by atoms with E-state index in [0.717, 1.165) is 72.8 Å². The minimum absolute atomic E-state index is 0.439. The molecule has 2 N–H and O–H groups in total. The van der Waals surface area contributed by atoms with Gasteiger partial charge in [0, 0.05) is 18.2 Å². The topological polar surface area (TPSA) is 60.6 Å². The summed E-state index contributed by atoms with van der Waals surface area (Å²) in [5.41, 5.74) is 8.00. The number of benzene rings is 2. The number of rotatable bonds is 13. The number of imidazole rings is 2. The van der Waals surface area contributed by atoms with Crippen LogP contribution in [0.2, 0.25) is 0 Å². The number of nitrogens with one attached hydrogen (secondary N) is 2. The highest BCUT2D eigenvalue weighted by atomic mass is 15.2. The smallest absolute Gasteiger partial charge is 0.126 e. The molecule has 0 fully saturated rings. The monoisotopic (exact) mass is 495 g/mol. The van der Waals surface area contributed by atoms with Gasteiger partial charge in [0.25, 0.3) is 0 Å². The number of hydrogen-bond acceptors (Lipinski definition) is 3. The Morgan fingerprint density at radius 1 is 0.784 bits per heavy atom. The predicted octanol–water partition coefficient (Wildman–Crippen LogP) is 8.39. The second kappa shape index (κ2) is 12.6. The lowest BCUT2D eigenvalue weighted by atomic mass is 10.0. The second-order valence-electron chi connectivity index (χ2n) is 9.95. The van der Waals surface area contributed by atoms with Crippen LogP contribution in [0.5, 0.6) is 0 Å². The van der Waals surface area contributed by atoms with E-state index < -0.39 is 0 Å². The van der Waals surface area contributed by atoms with E-state index in [1.54, 1.807) is 0 Å². The van der Waals surface area contributed by atoms with E-state index in [1.807, 2.05) is 12.4 Å². The molecule has 2 aromatic heterocycles. The van der Waals surface area contributed by atoms with Crippen LogP contribution < -0.4 is 0 Å². The Hall–Kier alpha value is -3.60. The summed E-state index contributed by atoms with van der Waals surface area (Å²) in [6, 6.07) is 17.8. The van der Waals surface area contributed by atoms with Crippen molar-refractivity contribution < 1.29 is 0 Å². The van der Waals surface area contributed by atoms with Crippen molar-refractivity contribution in [3.8, 4) is 33.6 Å². The zero-order chi connectivity index (χ0) is 26.2. The first-order chi connectivity index (χ1) is 18.0. The van der Waals surface area contributed by atoms with Gasteiger partial charge in [-0.05, 0) is 48.4 Å². The number of hydrogen-bond donors (Lipinski definition) is 2. The summed E-state index contributed by atoms with van der Waals surface area (Å²) >= 11 is 0. The average molecular weight is 496 g/mol. The third-order valence-electron chi connectivity index (χ3n) is 7.14. The fourth-order valence-corrected chi connectivity index (χ4v) is 4.65. The van der Waals surface area contributed by atoms with Gasteiger partial charge in [-0.2, -0.15) is 0 Å². The van der Waals surface area contributed by atoms with E-state index in [0.29, 0.717) is 6.04 Å². The van der Waals surface area contributed by atoms with Crippen molar-refractivity contribution in [2.75, 3.05) is 0 Å². The quantitative estimate of drug-likeness (QED) is 0.196. The number of unbranched alkanes of at least 4 members (excludes halogenated alkanes) is 1. The van der Waals surface area contributed by atoms with Crippen LogP contribution in [0.1, 0.15) is 71.4 Å². The molecule has 37 heavy (non-hydrogen) atoms. The van der Waals surface area contributed by atoms with Crippen LogP contribution in [0.3, 0.4) is 0 Å². The lowest BCUT2D eigenvalue weighted by molar-refractivity contribution is 0.240. The molecule has 0 unspecified atom stereocenters. The average Bonchev–Trinajstić information content (AvgIpc) is 3.60. The van der Waals surface area contributed by atoms with Crippen LogP contribution in [0.15, 0.2) is 73.2 Å². The Morgan fingerprint density at radius 2 is 1.30 bits per heavy atom. The fraction of sp³-hybridized carbons (Fsp3) is 0.375. The molecule has 0 saturated carbocycles. The van der Waals surface area contributed by atoms with Crippen LogP contribution in [0.25, 0.3) is 33.6 Å². The Balaban J connectivity index is 1.43. The molecule has 0 radical (unpaired) electrons. The van der Waals surface area contributed by atoms with Crippen LogP contribution in [0.4, 0.5) is 0 Å². The van der Waals surface area contributed by atoms with E-state index in [-0.39, 0.29) is 0 Å². The summed E-state index contributed by atoms with van der Waals surface area (Å²) in [7, 11) is 0. The molecule has 0 aliphatic heterocycles. The van der Waals surface area contributed by atoms with Crippen molar-refractivity contribution in [1.82, 2.24) is 24.8 Å². The Morgan fingerprint density at radius 3 is 1.81 bits per heavy atom. The van der Waals surface area contributed by atoms with Crippen LogP contribution >= 0.6 is 0 Å². The number of nitrogens with zero attached hydrogens (tertiary/aromatic N) is 3. The maximum absolute atomic E-state index is 4.68. The molecule has 5 heteroatoms. The highest BCUT2D eigenvalue weighted by Gasteiger charge is 2.16. The standard InChI is InChI=1S/C32H41N5/c1-6-9-11-31-33-20-29(35-31)27-16-12-25(13-17-27)26-14-18-28(19-15-26)30-21-34-32(36-30)22-37(23(4)8-3)24(5)10-7-2/h12-21,23H,5-11,22H2,1-4H3,(H,33,35)(H,34,36)/t23-/m0/s1. The molecule has 0 aliphatic carbocycles. The molecule has 0 amide bonds. The van der Waals surface area contributed by atoms with Crippen LogP contribution in [0, 0.1) is 0 Å². The van der Waals surface area contributed by atoms with Crippen molar-refractivity contribution in [2.45, 2.75) is 78.8 Å². The van der Waals surface area contributed by atoms with Gasteiger partial charge in [0.15, 0.2) is 0 Å². The normalized spacial score (nSPS) is 12.0. The van der Waals surface area contributed by atoms with Gasteiger partial charge in [-0.1, -0.05) is 88.7 Å². The Labute approximate surface area is 222 Å². The first-order valence-electron chi connectivity index (χ1n) is 13.8. The number of allylic oxidation sites excluding steroid dienone is 1. The van der Waals surface area contributed by atoms with Crippen molar-refractivity contribution in [3.05, 3.63) is 84.8 Å². The van der Waals surface area contributed by atoms with Gasteiger partial charge < -0.3 is 14.9 Å². The minimum Gasteiger partial charge on any atom is -0.365 e. The molecule has 0 aliphatic rings. The van der Waals surface area contributed by atoms with Gasteiger partial charge in [0.1, 0.15) is 11.6 Å². The van der Waals surface area contributed by atoms with Gasteiger partial charge in [0.05, 0.1) is 30.3 Å². The summed E-state index contributed by atoms with van der Waals surface area (Å²) < 4.78 is 0. The maximum atomic E-state index is 4.68. The largest absolute Gasteiger partial charge is 0.365 e. The first kappa shape index (κ1) is 26.5. The number of aromatic nitrogens is 4. The molecule has 0 bridgehead atoms. The molecule has 1 atom stereocenters. The van der Waals surface area contributed by atoms with Gasteiger partial charge >= 0.3 is 0 Å². The SMILES string of the molecule is C=C(CCC)N(Cc1ncc(-c2ccc(-c3ccc(-c4cnc(CCCC)[nH]4)cc3)cc2)[nH]1)[C@@H](C)CC. The fourth-order valence-electron chi connectivity index (χ4n) is 4.65. The van der Waals surface area contributed by atoms with E-state index in [9.17, 15) is 0 Å². The maximum Gasteiger partial charge on any atom is 0.126 e. The van der Waals surface area contributed by atoms with Crippen molar-refractivity contribution >= 4 is 0 Å². The van der Waals surface area contributed by atoms with E-state index in [4.69, 9.17) is 0 Å². The molecule has 194 valence electrons. The highest BCUT2D eigenvalue weighted by molar-refractivity contribution is 5.71. The predicted molar refractivity (Wildman–Crippen MR) is 155 cm³/mol. The highest BCUT2D eigenvalue weighted by Crippen LogP contribution is 2.27.